The highest BCUT2D eigenvalue weighted by Gasteiger charge is 2.38. The van der Waals surface area contributed by atoms with Gasteiger partial charge in [-0.15, -0.1) is 0 Å². The molecule has 0 spiro atoms. The number of amides is 2. The molecule has 5 heterocycles. The van der Waals surface area contributed by atoms with Crippen LogP contribution < -0.4 is 9.80 Å². The predicted molar refractivity (Wildman–Crippen MR) is 168 cm³/mol. The number of carbonyl (C=O) groups excluding carboxylic acids is 2. The Morgan fingerprint density at radius 3 is 2.28 bits per heavy atom. The van der Waals surface area contributed by atoms with E-state index < -0.39 is 0 Å². The summed E-state index contributed by atoms with van der Waals surface area (Å²) in [6.07, 6.45) is 8.28. The number of aromatic nitrogens is 3. The Hall–Kier alpha value is -3.85. The van der Waals surface area contributed by atoms with Crippen molar-refractivity contribution in [3.63, 3.8) is 0 Å². The van der Waals surface area contributed by atoms with E-state index in [2.05, 4.69) is 47.9 Å². The number of nitrogens with zero attached hydrogens (tertiary/aromatic N) is 7. The Labute approximate surface area is 254 Å². The van der Waals surface area contributed by atoms with Gasteiger partial charge in [-0.2, -0.15) is 0 Å². The number of piperidine rings is 1. The minimum absolute atomic E-state index is 0.0424. The highest BCUT2D eigenvalue weighted by molar-refractivity contribution is 5.92. The Bertz CT molecular complexity index is 1420. The molecule has 226 valence electrons. The molecule has 43 heavy (non-hydrogen) atoms. The van der Waals surface area contributed by atoms with Gasteiger partial charge in [-0.3, -0.25) is 19.5 Å². The minimum atomic E-state index is -0.0470. The second-order valence-electron chi connectivity index (χ2n) is 12.4. The third kappa shape index (κ3) is 6.56. The third-order valence-electron chi connectivity index (χ3n) is 9.44. The summed E-state index contributed by atoms with van der Waals surface area (Å²) in [5.41, 5.74) is 5.12. The molecule has 0 saturated carbocycles. The number of fused-ring (bicyclic) bond motifs is 3. The minimum Gasteiger partial charge on any atom is -0.341 e. The van der Waals surface area contributed by atoms with Crippen LogP contribution in [-0.2, 0) is 22.7 Å². The first kappa shape index (κ1) is 29.2. The normalized spacial score (nSPS) is 21.8. The molecule has 0 N–H and O–H groups in total. The zero-order valence-corrected chi connectivity index (χ0v) is 25.7. The summed E-state index contributed by atoms with van der Waals surface area (Å²) in [7, 11) is 0. The lowest BCUT2D eigenvalue weighted by Crippen LogP contribution is -2.48. The Morgan fingerprint density at radius 2 is 1.56 bits per heavy atom. The van der Waals surface area contributed by atoms with E-state index in [0.29, 0.717) is 25.7 Å². The zero-order chi connectivity index (χ0) is 29.9. The fraction of sp³-hybridized carbons (Fsp3) is 0.500. The highest BCUT2D eigenvalue weighted by Crippen LogP contribution is 2.34. The SMILES string of the molecule is CC(=O)N1CC[C@H]2CC[C@@H](CN(C(=O)C3CCN(c4nc(C)cc(C)n4)CC3)Cc3ccccc31)N2Cc1ccncc1. The molecule has 2 bridgehead atoms. The molecule has 3 aliphatic heterocycles. The Kier molecular flexibility index (Phi) is 8.70. The third-order valence-corrected chi connectivity index (χ3v) is 9.44. The molecule has 2 amide bonds. The molecule has 2 saturated heterocycles. The van der Waals surface area contributed by atoms with Crippen molar-refractivity contribution in [3.8, 4) is 0 Å². The van der Waals surface area contributed by atoms with E-state index in [1.165, 1.54) is 5.56 Å². The largest absolute Gasteiger partial charge is 0.341 e. The lowest BCUT2D eigenvalue weighted by atomic mass is 9.94. The van der Waals surface area contributed by atoms with E-state index in [1.807, 2.05) is 55.4 Å². The van der Waals surface area contributed by atoms with Gasteiger partial charge in [-0.05, 0) is 81.3 Å². The van der Waals surface area contributed by atoms with Crippen LogP contribution in [0.4, 0.5) is 11.6 Å². The number of pyridine rings is 1. The van der Waals surface area contributed by atoms with Crippen molar-refractivity contribution in [2.75, 3.05) is 36.0 Å². The number of aryl methyl sites for hydroxylation is 2. The van der Waals surface area contributed by atoms with Crippen molar-refractivity contribution in [3.05, 3.63) is 77.4 Å². The van der Waals surface area contributed by atoms with Crippen molar-refractivity contribution in [2.24, 2.45) is 5.92 Å². The topological polar surface area (TPSA) is 85.8 Å². The first-order valence-corrected chi connectivity index (χ1v) is 15.7. The van der Waals surface area contributed by atoms with Crippen LogP contribution in [-0.4, -0.2) is 74.8 Å². The van der Waals surface area contributed by atoms with E-state index in [-0.39, 0.29) is 23.8 Å². The number of carbonyl (C=O) groups is 2. The summed E-state index contributed by atoms with van der Waals surface area (Å²) in [5, 5.41) is 0. The van der Waals surface area contributed by atoms with Gasteiger partial charge in [0.2, 0.25) is 17.8 Å². The lowest BCUT2D eigenvalue weighted by Gasteiger charge is -2.37. The van der Waals surface area contributed by atoms with Gasteiger partial charge in [-0.25, -0.2) is 9.97 Å². The van der Waals surface area contributed by atoms with Gasteiger partial charge in [-0.1, -0.05) is 18.2 Å². The monoisotopic (exact) mass is 581 g/mol. The molecule has 2 fully saturated rings. The van der Waals surface area contributed by atoms with Crippen LogP contribution >= 0.6 is 0 Å². The van der Waals surface area contributed by atoms with Gasteiger partial charge < -0.3 is 14.7 Å². The van der Waals surface area contributed by atoms with Crippen LogP contribution in [0.2, 0.25) is 0 Å². The maximum absolute atomic E-state index is 14.4. The summed E-state index contributed by atoms with van der Waals surface area (Å²) in [6, 6.07) is 14.9. The smallest absolute Gasteiger partial charge is 0.226 e. The van der Waals surface area contributed by atoms with Crippen LogP contribution in [0.5, 0.6) is 0 Å². The van der Waals surface area contributed by atoms with Crippen molar-refractivity contribution >= 4 is 23.5 Å². The van der Waals surface area contributed by atoms with Gasteiger partial charge in [0.15, 0.2) is 0 Å². The maximum Gasteiger partial charge on any atom is 0.226 e. The van der Waals surface area contributed by atoms with Crippen LogP contribution in [0.3, 0.4) is 0 Å². The van der Waals surface area contributed by atoms with Gasteiger partial charge in [0.25, 0.3) is 0 Å². The molecule has 9 heteroatoms. The number of hydrogen-bond acceptors (Lipinski definition) is 7. The van der Waals surface area contributed by atoms with E-state index >= 15 is 0 Å². The quantitative estimate of drug-likeness (QED) is 0.448. The first-order valence-electron chi connectivity index (χ1n) is 15.7. The molecule has 6 rings (SSSR count). The summed E-state index contributed by atoms with van der Waals surface area (Å²) < 4.78 is 0. The molecular weight excluding hydrogens is 538 g/mol. The van der Waals surface area contributed by atoms with Crippen molar-refractivity contribution in [1.82, 2.24) is 24.8 Å². The second kappa shape index (κ2) is 12.8. The summed E-state index contributed by atoms with van der Waals surface area (Å²) in [6.45, 7) is 9.87. The lowest BCUT2D eigenvalue weighted by molar-refractivity contribution is -0.137. The van der Waals surface area contributed by atoms with E-state index in [1.54, 1.807) is 6.92 Å². The van der Waals surface area contributed by atoms with Crippen LogP contribution in [0.25, 0.3) is 0 Å². The number of para-hydroxylation sites is 1. The van der Waals surface area contributed by atoms with E-state index in [0.717, 1.165) is 80.3 Å². The molecule has 0 unspecified atom stereocenters. The molecule has 0 radical (unpaired) electrons. The van der Waals surface area contributed by atoms with Crippen molar-refractivity contribution in [2.45, 2.75) is 78.0 Å². The standard InChI is InChI=1S/C34H43N7O2/c1-24-20-25(2)37-34(36-24)38-17-12-28(13-18-38)33(43)39-22-29-6-4-5-7-32(29)40(26(3)42)19-14-30-8-9-31(23-39)41(30)21-27-10-15-35-16-11-27/h4-7,10-11,15-16,20,28,30-31H,8-9,12-14,17-19,21-23H2,1-3H3/t30-,31+/m1/s1. The van der Waals surface area contributed by atoms with Gasteiger partial charge in [0.05, 0.1) is 0 Å². The fourth-order valence-corrected chi connectivity index (χ4v) is 7.24. The molecule has 3 aromatic rings. The number of benzene rings is 1. The summed E-state index contributed by atoms with van der Waals surface area (Å²) >= 11 is 0. The number of rotatable bonds is 4. The van der Waals surface area contributed by atoms with Crippen LogP contribution in [0, 0.1) is 19.8 Å². The molecule has 0 aliphatic carbocycles. The van der Waals surface area contributed by atoms with Crippen molar-refractivity contribution < 1.29 is 9.59 Å². The number of anilines is 2. The highest BCUT2D eigenvalue weighted by atomic mass is 16.2. The summed E-state index contributed by atoms with van der Waals surface area (Å²) in [4.78, 5) is 49.7. The second-order valence-corrected chi connectivity index (χ2v) is 12.4. The molecule has 9 nitrogen and oxygen atoms in total. The molecule has 2 aromatic heterocycles. The fourth-order valence-electron chi connectivity index (χ4n) is 7.24. The Morgan fingerprint density at radius 1 is 0.860 bits per heavy atom. The molecule has 3 aliphatic rings. The van der Waals surface area contributed by atoms with Gasteiger partial charge in [0.1, 0.15) is 0 Å². The first-order chi connectivity index (χ1) is 20.9. The zero-order valence-electron chi connectivity index (χ0n) is 25.7. The van der Waals surface area contributed by atoms with Gasteiger partial charge in [0, 0.05) is 93.7 Å². The van der Waals surface area contributed by atoms with Crippen LogP contribution in [0.1, 0.15) is 61.5 Å². The van der Waals surface area contributed by atoms with Crippen LogP contribution in [0.15, 0.2) is 54.9 Å². The van der Waals surface area contributed by atoms with Gasteiger partial charge >= 0.3 is 0 Å². The summed E-state index contributed by atoms with van der Waals surface area (Å²) in [5.74, 6) is 0.979. The molecule has 1 aromatic carbocycles. The molecule has 2 atom stereocenters. The van der Waals surface area contributed by atoms with Crippen molar-refractivity contribution in [1.29, 1.82) is 0 Å². The molecular formula is C34H43N7O2. The number of hydrogen-bond donors (Lipinski definition) is 0. The Balaban J connectivity index is 1.27. The van der Waals surface area contributed by atoms with E-state index in [9.17, 15) is 9.59 Å². The average Bonchev–Trinajstić information content (AvgIpc) is 3.36. The maximum atomic E-state index is 14.4. The van der Waals surface area contributed by atoms with E-state index in [4.69, 9.17) is 0 Å². The predicted octanol–water partition coefficient (Wildman–Crippen LogP) is 4.52. The average molecular weight is 582 g/mol.